The summed E-state index contributed by atoms with van der Waals surface area (Å²) in [5.41, 5.74) is 0.803. The van der Waals surface area contributed by atoms with Crippen LogP contribution in [0.5, 0.6) is 0 Å². The zero-order valence-corrected chi connectivity index (χ0v) is 18.0. The highest BCUT2D eigenvalue weighted by atomic mass is 32.2. The molecule has 0 bridgehead atoms. The Morgan fingerprint density at radius 3 is 2.13 bits per heavy atom. The molecule has 0 radical (unpaired) electrons. The SMILES string of the molecule is O=C(CSCC(=O)NC1CCCC1)NCCN1C(=O)c2cc3ccccc3cc2C1=O. The number of carbonyl (C=O) groups is 4. The minimum absolute atomic E-state index is 0.0388. The van der Waals surface area contributed by atoms with Gasteiger partial charge in [0, 0.05) is 19.1 Å². The lowest BCUT2D eigenvalue weighted by atomic mass is 10.0. The first kappa shape index (κ1) is 21.4. The van der Waals surface area contributed by atoms with Gasteiger partial charge < -0.3 is 10.6 Å². The van der Waals surface area contributed by atoms with Crippen molar-refractivity contribution in [3.05, 3.63) is 47.5 Å². The summed E-state index contributed by atoms with van der Waals surface area (Å²) in [6, 6.07) is 11.4. The average Bonchev–Trinajstić information content (AvgIpc) is 3.35. The van der Waals surface area contributed by atoms with Crippen LogP contribution in [-0.2, 0) is 9.59 Å². The first-order valence-corrected chi connectivity index (χ1v) is 11.7. The fraction of sp³-hybridized carbons (Fsp3) is 0.391. The van der Waals surface area contributed by atoms with E-state index < -0.39 is 0 Å². The third-order valence-electron chi connectivity index (χ3n) is 5.68. The number of nitrogens with zero attached hydrogens (tertiary/aromatic N) is 1. The summed E-state index contributed by atoms with van der Waals surface area (Å²) in [7, 11) is 0. The van der Waals surface area contributed by atoms with Crippen molar-refractivity contribution in [2.75, 3.05) is 24.6 Å². The Kier molecular flexibility index (Phi) is 6.56. The van der Waals surface area contributed by atoms with Crippen LogP contribution in [0.1, 0.15) is 46.4 Å². The number of thioether (sulfide) groups is 1. The van der Waals surface area contributed by atoms with Crippen molar-refractivity contribution in [3.8, 4) is 0 Å². The minimum Gasteiger partial charge on any atom is -0.354 e. The number of nitrogens with one attached hydrogen (secondary N) is 2. The molecular formula is C23H25N3O4S. The van der Waals surface area contributed by atoms with Crippen LogP contribution in [0.4, 0.5) is 0 Å². The molecule has 0 unspecified atom stereocenters. The largest absolute Gasteiger partial charge is 0.354 e. The van der Waals surface area contributed by atoms with Crippen LogP contribution in [0.2, 0.25) is 0 Å². The molecule has 0 spiro atoms. The molecule has 1 heterocycles. The molecule has 31 heavy (non-hydrogen) atoms. The molecule has 7 nitrogen and oxygen atoms in total. The van der Waals surface area contributed by atoms with E-state index in [2.05, 4.69) is 10.6 Å². The molecule has 162 valence electrons. The fourth-order valence-electron chi connectivity index (χ4n) is 4.11. The lowest BCUT2D eigenvalue weighted by Crippen LogP contribution is -2.39. The second-order valence-corrected chi connectivity index (χ2v) is 8.88. The van der Waals surface area contributed by atoms with E-state index in [0.717, 1.165) is 36.5 Å². The molecule has 8 heteroatoms. The molecule has 2 aromatic rings. The Morgan fingerprint density at radius 2 is 1.52 bits per heavy atom. The molecule has 1 saturated carbocycles. The Labute approximate surface area is 184 Å². The van der Waals surface area contributed by atoms with Crippen LogP contribution < -0.4 is 10.6 Å². The lowest BCUT2D eigenvalue weighted by molar-refractivity contribution is -0.119. The number of amides is 4. The van der Waals surface area contributed by atoms with Gasteiger partial charge in [0.25, 0.3) is 11.8 Å². The molecule has 2 aromatic carbocycles. The lowest BCUT2D eigenvalue weighted by Gasteiger charge is -2.14. The van der Waals surface area contributed by atoms with Crippen LogP contribution in [0.15, 0.2) is 36.4 Å². The highest BCUT2D eigenvalue weighted by Crippen LogP contribution is 2.27. The first-order valence-electron chi connectivity index (χ1n) is 10.6. The van der Waals surface area contributed by atoms with Gasteiger partial charge in [0.2, 0.25) is 11.8 Å². The first-order chi connectivity index (χ1) is 15.0. The van der Waals surface area contributed by atoms with Crippen molar-refractivity contribution in [1.29, 1.82) is 0 Å². The maximum Gasteiger partial charge on any atom is 0.261 e. The molecule has 2 N–H and O–H groups in total. The van der Waals surface area contributed by atoms with Gasteiger partial charge in [-0.15, -0.1) is 11.8 Å². The molecule has 1 aliphatic carbocycles. The quantitative estimate of drug-likeness (QED) is 0.616. The maximum atomic E-state index is 12.7. The number of imide groups is 1. The number of carbonyl (C=O) groups excluding carboxylic acids is 4. The van der Waals surface area contributed by atoms with E-state index in [0.29, 0.717) is 11.1 Å². The van der Waals surface area contributed by atoms with Crippen LogP contribution in [0, 0.1) is 0 Å². The summed E-state index contributed by atoms with van der Waals surface area (Å²) in [4.78, 5) is 50.4. The second-order valence-electron chi connectivity index (χ2n) is 7.90. The normalized spacial score (nSPS) is 16.1. The molecule has 1 aliphatic heterocycles. The van der Waals surface area contributed by atoms with Gasteiger partial charge in [-0.1, -0.05) is 37.1 Å². The Hall–Kier alpha value is -2.87. The number of hydrogen-bond donors (Lipinski definition) is 2. The summed E-state index contributed by atoms with van der Waals surface area (Å²) in [6.45, 7) is 0.292. The molecule has 1 fully saturated rings. The molecule has 4 amide bonds. The Morgan fingerprint density at radius 1 is 0.935 bits per heavy atom. The van der Waals surface area contributed by atoms with Gasteiger partial charge in [0.05, 0.1) is 22.6 Å². The molecular weight excluding hydrogens is 414 g/mol. The van der Waals surface area contributed by atoms with Gasteiger partial charge in [0.1, 0.15) is 0 Å². The highest BCUT2D eigenvalue weighted by Gasteiger charge is 2.35. The number of hydrogen-bond acceptors (Lipinski definition) is 5. The van der Waals surface area contributed by atoms with E-state index in [1.54, 1.807) is 12.1 Å². The zero-order valence-electron chi connectivity index (χ0n) is 17.2. The van der Waals surface area contributed by atoms with Crippen molar-refractivity contribution in [2.45, 2.75) is 31.7 Å². The fourth-order valence-corrected chi connectivity index (χ4v) is 4.77. The van der Waals surface area contributed by atoms with E-state index in [1.165, 1.54) is 16.7 Å². The predicted octanol–water partition coefficient (Wildman–Crippen LogP) is 2.34. The van der Waals surface area contributed by atoms with E-state index in [4.69, 9.17) is 0 Å². The van der Waals surface area contributed by atoms with Gasteiger partial charge in [-0.05, 0) is 35.7 Å². The summed E-state index contributed by atoms with van der Waals surface area (Å²) in [5, 5.41) is 7.53. The maximum absolute atomic E-state index is 12.7. The molecule has 2 aliphatic rings. The van der Waals surface area contributed by atoms with Crippen LogP contribution in [-0.4, -0.2) is 59.2 Å². The van der Waals surface area contributed by atoms with Gasteiger partial charge in [-0.25, -0.2) is 0 Å². The molecule has 0 atom stereocenters. The van der Waals surface area contributed by atoms with E-state index in [-0.39, 0.29) is 54.3 Å². The van der Waals surface area contributed by atoms with Crippen LogP contribution in [0.3, 0.4) is 0 Å². The summed E-state index contributed by atoms with van der Waals surface area (Å²) in [5.74, 6) is -0.526. The van der Waals surface area contributed by atoms with Crippen LogP contribution >= 0.6 is 11.8 Å². The number of benzene rings is 2. The molecule has 4 rings (SSSR count). The van der Waals surface area contributed by atoms with Crippen molar-refractivity contribution in [1.82, 2.24) is 15.5 Å². The molecule has 0 aromatic heterocycles. The average molecular weight is 440 g/mol. The zero-order chi connectivity index (χ0) is 21.8. The Balaban J connectivity index is 1.21. The number of rotatable bonds is 8. The van der Waals surface area contributed by atoms with Gasteiger partial charge in [0.15, 0.2) is 0 Å². The summed E-state index contributed by atoms with van der Waals surface area (Å²) >= 11 is 1.26. The Bertz CT molecular complexity index is 978. The minimum atomic E-state index is -0.335. The molecule has 0 saturated heterocycles. The van der Waals surface area contributed by atoms with Gasteiger partial charge in [-0.2, -0.15) is 0 Å². The standard InChI is InChI=1S/C23H25N3O4S/c27-20(13-31-14-21(28)25-17-7-3-4-8-17)24-9-10-26-22(29)18-11-15-5-1-2-6-16(15)12-19(18)23(26)30/h1-2,5-6,11-12,17H,3-4,7-10,13-14H2,(H,24,27)(H,25,28). The summed E-state index contributed by atoms with van der Waals surface area (Å²) in [6.07, 6.45) is 4.38. The van der Waals surface area contributed by atoms with E-state index >= 15 is 0 Å². The predicted molar refractivity (Wildman–Crippen MR) is 120 cm³/mol. The van der Waals surface area contributed by atoms with Gasteiger partial charge in [-0.3, -0.25) is 24.1 Å². The van der Waals surface area contributed by atoms with Crippen molar-refractivity contribution < 1.29 is 19.2 Å². The van der Waals surface area contributed by atoms with E-state index in [1.807, 2.05) is 24.3 Å². The van der Waals surface area contributed by atoms with Crippen molar-refractivity contribution in [2.24, 2.45) is 0 Å². The summed E-state index contributed by atoms with van der Waals surface area (Å²) < 4.78 is 0. The second kappa shape index (κ2) is 9.51. The van der Waals surface area contributed by atoms with Gasteiger partial charge >= 0.3 is 0 Å². The topological polar surface area (TPSA) is 95.6 Å². The van der Waals surface area contributed by atoms with E-state index in [9.17, 15) is 19.2 Å². The van der Waals surface area contributed by atoms with Crippen molar-refractivity contribution >= 4 is 46.2 Å². The third kappa shape index (κ3) is 4.90. The van der Waals surface area contributed by atoms with Crippen molar-refractivity contribution in [3.63, 3.8) is 0 Å². The monoisotopic (exact) mass is 439 g/mol. The smallest absolute Gasteiger partial charge is 0.261 e. The number of fused-ring (bicyclic) bond motifs is 2. The van der Waals surface area contributed by atoms with Crippen LogP contribution in [0.25, 0.3) is 10.8 Å². The third-order valence-corrected chi connectivity index (χ3v) is 6.61. The highest BCUT2D eigenvalue weighted by molar-refractivity contribution is 8.00.